The molecule has 0 aromatic heterocycles. The van der Waals surface area contributed by atoms with Gasteiger partial charge in [0.2, 0.25) is 0 Å². The van der Waals surface area contributed by atoms with Crippen molar-refractivity contribution in [1.29, 1.82) is 0 Å². The lowest BCUT2D eigenvalue weighted by Crippen LogP contribution is -1.95. The number of amides is 1. The van der Waals surface area contributed by atoms with Crippen molar-refractivity contribution in [2.45, 2.75) is 24.5 Å². The summed E-state index contributed by atoms with van der Waals surface area (Å²) in [5, 5.41) is 0. The molecule has 2 aromatic carbocycles. The number of rotatable bonds is 7. The highest BCUT2D eigenvalue weighted by molar-refractivity contribution is 8.04. The fourth-order valence-electron chi connectivity index (χ4n) is 1.83. The fraction of sp³-hybridized carbons (Fsp3) is 0.158. The fourth-order valence-corrected chi connectivity index (χ4v) is 3.15. The molecule has 2 rings (SSSR count). The number of aliphatic imine (C=N–C) groups is 1. The molecule has 0 aliphatic heterocycles. The van der Waals surface area contributed by atoms with Crippen LogP contribution in [-0.2, 0) is 14.7 Å². The smallest absolute Gasteiger partial charge is 0.285 e. The van der Waals surface area contributed by atoms with Crippen molar-refractivity contribution in [2.24, 2.45) is 4.99 Å². The van der Waals surface area contributed by atoms with Crippen molar-refractivity contribution in [3.05, 3.63) is 76.7 Å². The number of nitrogens with zero attached hydrogens (tertiary/aromatic N) is 1. The lowest BCUT2D eigenvalue weighted by molar-refractivity contribution is -0.113. The van der Waals surface area contributed by atoms with Crippen molar-refractivity contribution in [3.8, 4) is 0 Å². The van der Waals surface area contributed by atoms with Crippen LogP contribution in [0.5, 0.6) is 0 Å². The average Bonchev–Trinajstić information content (AvgIpc) is 2.58. The second-order valence-electron chi connectivity index (χ2n) is 5.16. The van der Waals surface area contributed by atoms with Crippen LogP contribution in [0, 0.1) is 13.8 Å². The highest BCUT2D eigenvalue weighted by atomic mass is 32.2. The van der Waals surface area contributed by atoms with Gasteiger partial charge in [-0.3, -0.25) is 4.79 Å². The number of aryl methyl sites for hydroxylation is 2. The standard InChI is InChI=1S/C19H19NO2S2/c1-14-8-10-18(11-9-14)24-16(3)19(21)20-13-22-23-12-17-7-5-4-6-15(17)2/h4-11,13H,3,12H2,1-2H3. The summed E-state index contributed by atoms with van der Waals surface area (Å²) >= 11 is 2.54. The van der Waals surface area contributed by atoms with Crippen LogP contribution < -0.4 is 0 Å². The zero-order valence-corrected chi connectivity index (χ0v) is 15.3. The van der Waals surface area contributed by atoms with Gasteiger partial charge in [0.05, 0.1) is 22.7 Å². The molecule has 0 fully saturated rings. The number of hydrogen-bond donors (Lipinski definition) is 0. The molecule has 24 heavy (non-hydrogen) atoms. The summed E-state index contributed by atoms with van der Waals surface area (Å²) in [6, 6.07) is 16.0. The van der Waals surface area contributed by atoms with Crippen molar-refractivity contribution < 1.29 is 8.98 Å². The normalized spacial score (nSPS) is 10.8. The van der Waals surface area contributed by atoms with E-state index in [2.05, 4.69) is 24.6 Å². The Bertz CT molecular complexity index is 739. The quantitative estimate of drug-likeness (QED) is 0.168. The van der Waals surface area contributed by atoms with E-state index < -0.39 is 5.91 Å². The molecule has 3 nitrogen and oxygen atoms in total. The summed E-state index contributed by atoms with van der Waals surface area (Å²) in [5.74, 6) is 0.309. The van der Waals surface area contributed by atoms with Crippen LogP contribution in [0.25, 0.3) is 0 Å². The van der Waals surface area contributed by atoms with E-state index in [9.17, 15) is 4.79 Å². The van der Waals surface area contributed by atoms with E-state index in [0.717, 1.165) is 4.90 Å². The third-order valence-corrected chi connectivity index (χ3v) is 4.84. The van der Waals surface area contributed by atoms with E-state index in [-0.39, 0.29) is 0 Å². The Kier molecular flexibility index (Phi) is 7.15. The summed E-state index contributed by atoms with van der Waals surface area (Å²) in [5.41, 5.74) is 3.58. The predicted molar refractivity (Wildman–Crippen MR) is 103 cm³/mol. The molecule has 0 spiro atoms. The first kappa shape index (κ1) is 18.4. The Morgan fingerprint density at radius 3 is 2.58 bits per heavy atom. The van der Waals surface area contributed by atoms with E-state index in [4.69, 9.17) is 4.18 Å². The number of benzene rings is 2. The maximum atomic E-state index is 11.9. The first-order valence-corrected chi connectivity index (χ1v) is 9.12. The van der Waals surface area contributed by atoms with Crippen LogP contribution in [0.15, 0.2) is 69.9 Å². The number of hydrogen-bond acceptors (Lipinski definition) is 4. The second kappa shape index (κ2) is 9.35. The van der Waals surface area contributed by atoms with Gasteiger partial charge in [0.1, 0.15) is 0 Å². The topological polar surface area (TPSA) is 38.7 Å². The van der Waals surface area contributed by atoms with Crippen molar-refractivity contribution >= 4 is 36.1 Å². The van der Waals surface area contributed by atoms with Crippen LogP contribution in [0.1, 0.15) is 16.7 Å². The van der Waals surface area contributed by atoms with Gasteiger partial charge in [-0.25, -0.2) is 0 Å². The van der Waals surface area contributed by atoms with E-state index in [1.54, 1.807) is 0 Å². The van der Waals surface area contributed by atoms with Crippen molar-refractivity contribution in [3.63, 3.8) is 0 Å². The lowest BCUT2D eigenvalue weighted by Gasteiger charge is -2.03. The van der Waals surface area contributed by atoms with E-state index in [0.29, 0.717) is 10.7 Å². The van der Waals surface area contributed by atoms with Gasteiger partial charge in [-0.1, -0.05) is 60.3 Å². The number of carbonyl (C=O) groups is 1. The van der Waals surface area contributed by atoms with Crippen LogP contribution in [0.4, 0.5) is 0 Å². The summed E-state index contributed by atoms with van der Waals surface area (Å²) in [7, 11) is 0. The Morgan fingerprint density at radius 1 is 1.17 bits per heavy atom. The van der Waals surface area contributed by atoms with Gasteiger partial charge >= 0.3 is 0 Å². The van der Waals surface area contributed by atoms with Gasteiger partial charge in [0, 0.05) is 4.90 Å². The molecule has 0 saturated heterocycles. The molecule has 0 heterocycles. The third-order valence-electron chi connectivity index (χ3n) is 3.26. The molecule has 0 aliphatic carbocycles. The van der Waals surface area contributed by atoms with Crippen molar-refractivity contribution in [1.82, 2.24) is 0 Å². The lowest BCUT2D eigenvalue weighted by atomic mass is 10.1. The summed E-state index contributed by atoms with van der Waals surface area (Å²) in [6.07, 6.45) is 1.17. The van der Waals surface area contributed by atoms with Gasteiger partial charge in [0.15, 0.2) is 6.40 Å². The molecule has 5 heteroatoms. The molecule has 0 atom stereocenters. The molecular weight excluding hydrogens is 338 g/mol. The monoisotopic (exact) mass is 357 g/mol. The molecule has 1 amide bonds. The van der Waals surface area contributed by atoms with Gasteiger partial charge in [-0.2, -0.15) is 4.99 Å². The third kappa shape index (κ3) is 5.91. The molecule has 0 aliphatic rings. The predicted octanol–water partition coefficient (Wildman–Crippen LogP) is 5.33. The maximum absolute atomic E-state index is 11.9. The molecule has 0 radical (unpaired) electrons. The SMILES string of the molecule is C=C(Sc1ccc(C)cc1)C(=O)N=COSCc1ccccc1C. The van der Waals surface area contributed by atoms with Crippen LogP contribution in [0.3, 0.4) is 0 Å². The molecule has 0 N–H and O–H groups in total. The zero-order chi connectivity index (χ0) is 17.4. The minimum atomic E-state index is -0.392. The summed E-state index contributed by atoms with van der Waals surface area (Å²) in [4.78, 5) is 17.0. The molecule has 2 aromatic rings. The molecule has 124 valence electrons. The van der Waals surface area contributed by atoms with Crippen LogP contribution in [0.2, 0.25) is 0 Å². The molecule has 0 unspecified atom stereocenters. The van der Waals surface area contributed by atoms with E-state index in [1.807, 2.05) is 49.4 Å². The maximum Gasteiger partial charge on any atom is 0.285 e. The Balaban J connectivity index is 1.75. The van der Waals surface area contributed by atoms with Crippen molar-refractivity contribution in [2.75, 3.05) is 0 Å². The Labute approximate surface area is 151 Å². The first-order valence-electron chi connectivity index (χ1n) is 7.39. The minimum absolute atomic E-state index is 0.364. The van der Waals surface area contributed by atoms with Gasteiger partial charge in [-0.05, 0) is 37.1 Å². The second-order valence-corrected chi connectivity index (χ2v) is 7.05. The minimum Gasteiger partial charge on any atom is -0.413 e. The number of thioether (sulfide) groups is 1. The molecule has 0 saturated carbocycles. The van der Waals surface area contributed by atoms with Crippen LogP contribution in [-0.4, -0.2) is 12.3 Å². The summed E-state index contributed by atoms with van der Waals surface area (Å²) < 4.78 is 5.23. The molecular formula is C19H19NO2S2. The van der Waals surface area contributed by atoms with Gasteiger partial charge in [-0.15, -0.1) is 0 Å². The van der Waals surface area contributed by atoms with Gasteiger partial charge < -0.3 is 4.18 Å². The van der Waals surface area contributed by atoms with E-state index >= 15 is 0 Å². The zero-order valence-electron chi connectivity index (χ0n) is 13.7. The first-order chi connectivity index (χ1) is 11.6. The van der Waals surface area contributed by atoms with Gasteiger partial charge in [0.25, 0.3) is 5.91 Å². The average molecular weight is 358 g/mol. The largest absolute Gasteiger partial charge is 0.413 e. The molecule has 0 bridgehead atoms. The van der Waals surface area contributed by atoms with Crippen LogP contribution >= 0.6 is 23.8 Å². The highest BCUT2D eigenvalue weighted by Gasteiger charge is 2.07. The summed E-state index contributed by atoms with van der Waals surface area (Å²) in [6.45, 7) is 7.84. The highest BCUT2D eigenvalue weighted by Crippen LogP contribution is 2.26. The Morgan fingerprint density at radius 2 is 1.88 bits per heavy atom. The number of carbonyl (C=O) groups excluding carboxylic acids is 1. The Hall–Kier alpha value is -1.98. The van der Waals surface area contributed by atoms with E-state index in [1.165, 1.54) is 46.9 Å².